The van der Waals surface area contributed by atoms with Crippen molar-refractivity contribution in [1.29, 1.82) is 0 Å². The average Bonchev–Trinajstić information content (AvgIpc) is 2.90. The van der Waals surface area contributed by atoms with Gasteiger partial charge >= 0.3 is 5.97 Å². The zero-order valence-electron chi connectivity index (χ0n) is 20.6. The summed E-state index contributed by atoms with van der Waals surface area (Å²) in [6.07, 6.45) is 0. The minimum Gasteiger partial charge on any atom is -0.507 e. The molecule has 0 saturated heterocycles. The van der Waals surface area contributed by atoms with Crippen LogP contribution in [-0.4, -0.2) is 42.5 Å². The number of hydrogen-bond donors (Lipinski definition) is 2. The van der Waals surface area contributed by atoms with E-state index < -0.39 is 5.97 Å². The van der Waals surface area contributed by atoms with Crippen molar-refractivity contribution in [2.75, 3.05) is 19.8 Å². The number of ketones is 1. The van der Waals surface area contributed by atoms with Gasteiger partial charge in [-0.1, -0.05) is 43.0 Å². The highest BCUT2D eigenvalue weighted by molar-refractivity contribution is 6.11. The normalized spacial score (nSPS) is 10.6. The molecule has 0 saturated carbocycles. The molecule has 0 heterocycles. The van der Waals surface area contributed by atoms with Gasteiger partial charge in [-0.2, -0.15) is 5.11 Å². The number of carbonyl (C=O) groups is 3. The van der Waals surface area contributed by atoms with Gasteiger partial charge in [0.15, 0.2) is 11.5 Å². The van der Waals surface area contributed by atoms with E-state index in [-0.39, 0.29) is 53.2 Å². The summed E-state index contributed by atoms with van der Waals surface area (Å²) >= 11 is 0. The van der Waals surface area contributed by atoms with Crippen molar-refractivity contribution in [1.82, 2.24) is 5.32 Å². The number of hydrogen-bond acceptors (Lipinski definition) is 8. The zero-order chi connectivity index (χ0) is 26.8. The van der Waals surface area contributed by atoms with Crippen LogP contribution < -0.4 is 10.1 Å². The third-order valence-corrected chi connectivity index (χ3v) is 5.01. The Hall–Kier alpha value is -4.79. The Bertz CT molecular complexity index is 1330. The predicted octanol–water partition coefficient (Wildman–Crippen LogP) is 5.29. The molecule has 0 unspecified atom stereocenters. The molecule has 9 heteroatoms. The van der Waals surface area contributed by atoms with Crippen LogP contribution in [0, 0.1) is 0 Å². The molecule has 1 amide bonds. The molecule has 9 nitrogen and oxygen atoms in total. The van der Waals surface area contributed by atoms with Crippen molar-refractivity contribution in [3.05, 3.63) is 95.6 Å². The molecule has 0 fully saturated rings. The second kappa shape index (κ2) is 12.8. The number of azo groups is 1. The first-order valence-electron chi connectivity index (χ1n) is 11.5. The van der Waals surface area contributed by atoms with Crippen LogP contribution in [0.5, 0.6) is 11.5 Å². The molecule has 0 aliphatic rings. The van der Waals surface area contributed by atoms with E-state index in [2.05, 4.69) is 22.1 Å². The number of nitrogens with zero attached hydrogens (tertiary/aromatic N) is 2. The van der Waals surface area contributed by atoms with Crippen LogP contribution in [0.25, 0.3) is 0 Å². The summed E-state index contributed by atoms with van der Waals surface area (Å²) in [4.78, 5) is 36.8. The second-order valence-electron chi connectivity index (χ2n) is 7.89. The summed E-state index contributed by atoms with van der Waals surface area (Å²) in [6.45, 7) is 7.27. The maximum Gasteiger partial charge on any atom is 0.333 e. The van der Waals surface area contributed by atoms with E-state index in [1.807, 2.05) is 0 Å². The third-order valence-electron chi connectivity index (χ3n) is 5.01. The molecule has 2 N–H and O–H groups in total. The molecule has 0 aliphatic heterocycles. The fourth-order valence-electron chi connectivity index (χ4n) is 3.19. The van der Waals surface area contributed by atoms with Crippen molar-refractivity contribution >= 4 is 29.0 Å². The Morgan fingerprint density at radius 1 is 0.973 bits per heavy atom. The number of nitrogens with one attached hydrogen (secondary N) is 1. The third kappa shape index (κ3) is 7.35. The molecule has 0 radical (unpaired) electrons. The SMILES string of the molecule is C=C(C)C(=O)OCCNC(=O)c1cccc(N=Nc2cc(C(=O)c3ccccc3)c(O)cc2OCC)c1. The van der Waals surface area contributed by atoms with Crippen LogP contribution in [0.4, 0.5) is 11.4 Å². The van der Waals surface area contributed by atoms with E-state index in [9.17, 15) is 19.5 Å². The number of benzene rings is 3. The lowest BCUT2D eigenvalue weighted by Crippen LogP contribution is -2.28. The molecule has 3 aromatic carbocycles. The number of aromatic hydroxyl groups is 1. The smallest absolute Gasteiger partial charge is 0.333 e. The summed E-state index contributed by atoms with van der Waals surface area (Å²) < 4.78 is 10.5. The van der Waals surface area contributed by atoms with Gasteiger partial charge in [-0.3, -0.25) is 9.59 Å². The number of carbonyl (C=O) groups excluding carboxylic acids is 3. The first kappa shape index (κ1) is 26.8. The molecule has 3 aromatic rings. The maximum absolute atomic E-state index is 12.9. The molecule has 0 spiro atoms. The number of phenols is 1. The van der Waals surface area contributed by atoms with Crippen LogP contribution >= 0.6 is 0 Å². The number of esters is 1. The summed E-state index contributed by atoms with van der Waals surface area (Å²) in [7, 11) is 0. The number of phenolic OH excluding ortho intramolecular Hbond substituents is 1. The lowest BCUT2D eigenvalue weighted by atomic mass is 10.0. The van der Waals surface area contributed by atoms with Gasteiger partial charge in [-0.15, -0.1) is 5.11 Å². The van der Waals surface area contributed by atoms with Crippen LogP contribution in [0.3, 0.4) is 0 Å². The average molecular weight is 502 g/mol. The topological polar surface area (TPSA) is 127 Å². The van der Waals surface area contributed by atoms with Crippen molar-refractivity contribution in [2.45, 2.75) is 13.8 Å². The number of rotatable bonds is 11. The van der Waals surface area contributed by atoms with Gasteiger partial charge in [-0.05, 0) is 38.1 Å². The molecule has 0 aliphatic carbocycles. The van der Waals surface area contributed by atoms with E-state index in [0.29, 0.717) is 23.4 Å². The van der Waals surface area contributed by atoms with E-state index in [0.717, 1.165) is 0 Å². The lowest BCUT2D eigenvalue weighted by Gasteiger charge is -2.10. The van der Waals surface area contributed by atoms with E-state index in [1.54, 1.807) is 62.4 Å². The Morgan fingerprint density at radius 3 is 2.41 bits per heavy atom. The zero-order valence-corrected chi connectivity index (χ0v) is 20.6. The highest BCUT2D eigenvalue weighted by atomic mass is 16.5. The predicted molar refractivity (Wildman–Crippen MR) is 138 cm³/mol. The number of amides is 1. The van der Waals surface area contributed by atoms with E-state index in [4.69, 9.17) is 9.47 Å². The van der Waals surface area contributed by atoms with Crippen molar-refractivity contribution in [3.8, 4) is 11.5 Å². The molecule has 0 aromatic heterocycles. The first-order valence-corrected chi connectivity index (χ1v) is 11.5. The fraction of sp³-hybridized carbons (Fsp3) is 0.179. The highest BCUT2D eigenvalue weighted by Crippen LogP contribution is 2.36. The van der Waals surface area contributed by atoms with Crippen molar-refractivity contribution in [3.63, 3.8) is 0 Å². The Balaban J connectivity index is 1.78. The minimum absolute atomic E-state index is 0.0158. The molecule has 37 heavy (non-hydrogen) atoms. The molecule has 190 valence electrons. The quantitative estimate of drug-likeness (QED) is 0.121. The number of ether oxygens (including phenoxy) is 2. The van der Waals surface area contributed by atoms with E-state index >= 15 is 0 Å². The van der Waals surface area contributed by atoms with Gasteiger partial charge in [0.1, 0.15) is 18.0 Å². The Labute approximate surface area is 214 Å². The largest absolute Gasteiger partial charge is 0.507 e. The summed E-state index contributed by atoms with van der Waals surface area (Å²) in [5, 5.41) is 21.5. The maximum atomic E-state index is 12.9. The summed E-state index contributed by atoms with van der Waals surface area (Å²) in [6, 6.07) is 17.8. The summed E-state index contributed by atoms with van der Waals surface area (Å²) in [5.41, 5.74) is 1.71. The molecular weight excluding hydrogens is 474 g/mol. The first-order chi connectivity index (χ1) is 17.8. The lowest BCUT2D eigenvalue weighted by molar-refractivity contribution is -0.138. The minimum atomic E-state index is -0.522. The molecular formula is C28H27N3O6. The van der Waals surface area contributed by atoms with Gasteiger partial charge in [0.25, 0.3) is 5.91 Å². The second-order valence-corrected chi connectivity index (χ2v) is 7.89. The molecule has 0 bridgehead atoms. The van der Waals surface area contributed by atoms with Gasteiger partial charge in [0, 0.05) is 22.8 Å². The van der Waals surface area contributed by atoms with Crippen molar-refractivity contribution in [2.24, 2.45) is 10.2 Å². The van der Waals surface area contributed by atoms with Gasteiger partial charge in [0.2, 0.25) is 0 Å². The van der Waals surface area contributed by atoms with Crippen LogP contribution in [0.15, 0.2) is 89.1 Å². The van der Waals surface area contributed by atoms with Gasteiger partial charge in [-0.25, -0.2) is 4.79 Å². The van der Waals surface area contributed by atoms with Crippen LogP contribution in [-0.2, 0) is 9.53 Å². The standard InChI is InChI=1S/C28H27N3O6/c1-4-36-25-17-24(32)22(26(33)19-9-6-5-7-10-19)16-23(25)31-30-21-12-8-11-20(15-21)27(34)29-13-14-37-28(35)18(2)3/h5-12,15-17,32H,2,4,13-14H2,1,3H3,(H,29,34). The Kier molecular flexibility index (Phi) is 9.26. The Morgan fingerprint density at radius 2 is 1.70 bits per heavy atom. The molecule has 0 atom stereocenters. The molecule has 3 rings (SSSR count). The van der Waals surface area contributed by atoms with Gasteiger partial charge < -0.3 is 19.9 Å². The van der Waals surface area contributed by atoms with Gasteiger partial charge in [0.05, 0.1) is 24.4 Å². The fourth-order valence-corrected chi connectivity index (χ4v) is 3.19. The van der Waals surface area contributed by atoms with Crippen LogP contribution in [0.2, 0.25) is 0 Å². The highest BCUT2D eigenvalue weighted by Gasteiger charge is 2.18. The van der Waals surface area contributed by atoms with Crippen LogP contribution in [0.1, 0.15) is 40.1 Å². The monoisotopic (exact) mass is 501 g/mol. The summed E-state index contributed by atoms with van der Waals surface area (Å²) in [5.74, 6) is -1.25. The van der Waals surface area contributed by atoms with E-state index in [1.165, 1.54) is 18.2 Å². The van der Waals surface area contributed by atoms with Crippen molar-refractivity contribution < 1.29 is 29.0 Å².